The van der Waals surface area contributed by atoms with E-state index in [0.29, 0.717) is 25.9 Å². The molecule has 1 aromatic carbocycles. The highest BCUT2D eigenvalue weighted by Crippen LogP contribution is 2.09. The molecule has 0 unspecified atom stereocenters. The summed E-state index contributed by atoms with van der Waals surface area (Å²) in [4.78, 5) is 13.4. The highest BCUT2D eigenvalue weighted by atomic mass is 35.5. The van der Waals surface area contributed by atoms with E-state index in [9.17, 15) is 13.2 Å². The van der Waals surface area contributed by atoms with Crippen LogP contribution in [0.25, 0.3) is 0 Å². The number of sulfonamides is 1. The average Bonchev–Trinajstić information content (AvgIpc) is 2.44. The third kappa shape index (κ3) is 6.74. The van der Waals surface area contributed by atoms with Crippen LogP contribution in [0.3, 0.4) is 0 Å². The van der Waals surface area contributed by atoms with Crippen LogP contribution in [0.2, 0.25) is 0 Å². The van der Waals surface area contributed by atoms with Gasteiger partial charge >= 0.3 is 0 Å². The van der Waals surface area contributed by atoms with Gasteiger partial charge in [-0.25, -0.2) is 13.1 Å². The molecule has 0 radical (unpaired) electrons. The molecule has 1 aromatic rings. The van der Waals surface area contributed by atoms with Gasteiger partial charge in [0.05, 0.1) is 4.90 Å². The molecule has 0 saturated carbocycles. The minimum Gasteiger partial charge on any atom is -0.344 e. The first-order valence-corrected chi connectivity index (χ1v) is 8.35. The summed E-state index contributed by atoms with van der Waals surface area (Å²) in [6, 6.07) is 6.62. The maximum absolute atomic E-state index is 12.0. The van der Waals surface area contributed by atoms with Gasteiger partial charge in [-0.1, -0.05) is 17.7 Å². The molecule has 126 valence electrons. The second kappa shape index (κ2) is 9.78. The Labute approximate surface area is 138 Å². The molecule has 0 spiro atoms. The van der Waals surface area contributed by atoms with Gasteiger partial charge in [-0.3, -0.25) is 4.79 Å². The number of rotatable bonds is 8. The van der Waals surface area contributed by atoms with Gasteiger partial charge in [-0.2, -0.15) is 0 Å². The molecule has 0 aliphatic rings. The Balaban J connectivity index is 0.00000441. The summed E-state index contributed by atoms with van der Waals surface area (Å²) in [6.07, 6.45) is 1.02. The number of halogens is 1. The van der Waals surface area contributed by atoms with E-state index in [1.165, 1.54) is 4.90 Å². The first-order chi connectivity index (χ1) is 9.86. The van der Waals surface area contributed by atoms with Gasteiger partial charge in [-0.05, 0) is 32.0 Å². The molecule has 0 aromatic heterocycles. The number of likely N-dealkylation sites (N-methyl/N-ethyl adjacent to an activating group) is 1. The van der Waals surface area contributed by atoms with Gasteiger partial charge in [0.2, 0.25) is 15.9 Å². The van der Waals surface area contributed by atoms with Gasteiger partial charge in [0, 0.05) is 26.6 Å². The van der Waals surface area contributed by atoms with Crippen LogP contribution in [0.5, 0.6) is 0 Å². The topological polar surface area (TPSA) is 92.5 Å². The van der Waals surface area contributed by atoms with Crippen LogP contribution in [0, 0.1) is 6.92 Å². The summed E-state index contributed by atoms with van der Waals surface area (Å²) in [6.45, 7) is 2.88. The van der Waals surface area contributed by atoms with Gasteiger partial charge in [0.25, 0.3) is 0 Å². The fourth-order valence-corrected chi connectivity index (χ4v) is 2.74. The predicted octanol–water partition coefficient (Wildman–Crippen LogP) is 0.892. The first kappa shape index (κ1) is 20.9. The number of amides is 1. The lowest BCUT2D eigenvalue weighted by Gasteiger charge is -2.17. The van der Waals surface area contributed by atoms with Crippen molar-refractivity contribution >= 4 is 28.3 Å². The molecule has 0 fully saturated rings. The monoisotopic (exact) mass is 349 g/mol. The van der Waals surface area contributed by atoms with Gasteiger partial charge < -0.3 is 10.6 Å². The first-order valence-electron chi connectivity index (χ1n) is 6.87. The lowest BCUT2D eigenvalue weighted by molar-refractivity contribution is -0.129. The molecule has 0 aliphatic carbocycles. The van der Waals surface area contributed by atoms with Crippen molar-refractivity contribution < 1.29 is 13.2 Å². The maximum atomic E-state index is 12.0. The number of carbonyl (C=O) groups is 1. The van der Waals surface area contributed by atoms with Crippen molar-refractivity contribution in [1.82, 2.24) is 9.62 Å². The number of nitrogens with zero attached hydrogens (tertiary/aromatic N) is 1. The van der Waals surface area contributed by atoms with Gasteiger partial charge in [0.1, 0.15) is 0 Å². The van der Waals surface area contributed by atoms with Crippen molar-refractivity contribution in [3.63, 3.8) is 0 Å². The van der Waals surface area contributed by atoms with Crippen molar-refractivity contribution in [2.24, 2.45) is 5.73 Å². The molecule has 0 bridgehead atoms. The molecule has 1 amide bonds. The van der Waals surface area contributed by atoms with E-state index in [0.717, 1.165) is 5.56 Å². The van der Waals surface area contributed by atoms with Crippen LogP contribution < -0.4 is 10.5 Å². The molecule has 1 rings (SSSR count). The number of carbonyl (C=O) groups excluding carboxylic acids is 1. The number of benzene rings is 1. The standard InChI is InChI=1S/C14H23N3O3S.ClH/c1-12-5-7-13(8-6-12)21(19,20)16-10-11-17(2)14(18)4-3-9-15;/h5-8,16H,3-4,9-11,15H2,1-2H3;1H. The van der Waals surface area contributed by atoms with E-state index >= 15 is 0 Å². The maximum Gasteiger partial charge on any atom is 0.240 e. The SMILES string of the molecule is Cc1ccc(S(=O)(=O)NCCN(C)C(=O)CCCN)cc1.Cl. The molecule has 0 saturated heterocycles. The van der Waals surface area contributed by atoms with Crippen molar-refractivity contribution in [3.05, 3.63) is 29.8 Å². The Morgan fingerprint density at radius 2 is 1.86 bits per heavy atom. The van der Waals surface area contributed by atoms with Crippen LogP contribution >= 0.6 is 12.4 Å². The quantitative estimate of drug-likeness (QED) is 0.729. The average molecular weight is 350 g/mol. The lowest BCUT2D eigenvalue weighted by Crippen LogP contribution is -2.36. The normalized spacial score (nSPS) is 10.9. The van der Waals surface area contributed by atoms with E-state index in [2.05, 4.69) is 4.72 Å². The summed E-state index contributed by atoms with van der Waals surface area (Å²) in [5.41, 5.74) is 6.35. The zero-order valence-corrected chi connectivity index (χ0v) is 14.5. The zero-order valence-electron chi connectivity index (χ0n) is 12.9. The van der Waals surface area contributed by atoms with Crippen LogP contribution in [0.4, 0.5) is 0 Å². The summed E-state index contributed by atoms with van der Waals surface area (Å²) in [7, 11) is -1.87. The molecule has 22 heavy (non-hydrogen) atoms. The summed E-state index contributed by atoms with van der Waals surface area (Å²) in [5.74, 6) is -0.0324. The number of nitrogens with two attached hydrogens (primary N) is 1. The summed E-state index contributed by atoms with van der Waals surface area (Å²) < 4.78 is 26.6. The van der Waals surface area contributed by atoms with E-state index in [-0.39, 0.29) is 29.8 Å². The Morgan fingerprint density at radius 3 is 2.41 bits per heavy atom. The lowest BCUT2D eigenvalue weighted by atomic mass is 10.2. The number of hydrogen-bond donors (Lipinski definition) is 2. The molecule has 3 N–H and O–H groups in total. The Morgan fingerprint density at radius 1 is 1.27 bits per heavy atom. The minimum absolute atomic E-state index is 0. The van der Waals surface area contributed by atoms with E-state index < -0.39 is 10.0 Å². The van der Waals surface area contributed by atoms with Crippen molar-refractivity contribution in [2.45, 2.75) is 24.7 Å². The fourth-order valence-electron chi connectivity index (χ4n) is 1.72. The Hall–Kier alpha value is -1.15. The summed E-state index contributed by atoms with van der Waals surface area (Å²) in [5, 5.41) is 0. The molecule has 0 atom stereocenters. The molecule has 0 aliphatic heterocycles. The fraction of sp³-hybridized carbons (Fsp3) is 0.500. The Kier molecular flexibility index (Phi) is 9.27. The molecule has 8 heteroatoms. The summed E-state index contributed by atoms with van der Waals surface area (Å²) >= 11 is 0. The smallest absolute Gasteiger partial charge is 0.240 e. The highest BCUT2D eigenvalue weighted by molar-refractivity contribution is 7.89. The second-order valence-electron chi connectivity index (χ2n) is 4.92. The second-order valence-corrected chi connectivity index (χ2v) is 6.69. The Bertz CT molecular complexity index is 561. The van der Waals surface area contributed by atoms with Crippen molar-refractivity contribution in [3.8, 4) is 0 Å². The van der Waals surface area contributed by atoms with Crippen LogP contribution in [0.15, 0.2) is 29.2 Å². The van der Waals surface area contributed by atoms with E-state index in [1.807, 2.05) is 6.92 Å². The van der Waals surface area contributed by atoms with Crippen LogP contribution in [0.1, 0.15) is 18.4 Å². The third-order valence-corrected chi connectivity index (χ3v) is 4.57. The number of nitrogens with one attached hydrogen (secondary N) is 1. The minimum atomic E-state index is -3.52. The van der Waals surface area contributed by atoms with Crippen LogP contribution in [-0.2, 0) is 14.8 Å². The molecule has 6 nitrogen and oxygen atoms in total. The van der Waals surface area contributed by atoms with Crippen LogP contribution in [-0.4, -0.2) is 45.9 Å². The number of hydrogen-bond acceptors (Lipinski definition) is 4. The van der Waals surface area contributed by atoms with Crippen molar-refractivity contribution in [1.29, 1.82) is 0 Å². The number of aryl methyl sites for hydroxylation is 1. The van der Waals surface area contributed by atoms with Crippen molar-refractivity contribution in [2.75, 3.05) is 26.7 Å². The zero-order chi connectivity index (χ0) is 15.9. The molecular formula is C14H24ClN3O3S. The molecular weight excluding hydrogens is 326 g/mol. The third-order valence-electron chi connectivity index (χ3n) is 3.09. The largest absolute Gasteiger partial charge is 0.344 e. The highest BCUT2D eigenvalue weighted by Gasteiger charge is 2.14. The van der Waals surface area contributed by atoms with Gasteiger partial charge in [0.15, 0.2) is 0 Å². The van der Waals surface area contributed by atoms with E-state index in [1.54, 1.807) is 31.3 Å². The predicted molar refractivity (Wildman–Crippen MR) is 89.5 cm³/mol. The van der Waals surface area contributed by atoms with E-state index in [4.69, 9.17) is 5.73 Å². The molecule has 0 heterocycles. The van der Waals surface area contributed by atoms with Gasteiger partial charge in [-0.15, -0.1) is 12.4 Å².